The molecule has 8 heteroatoms. The molecule has 3 aliphatic rings. The number of ether oxygens (including phenoxy) is 1. The second-order valence-corrected chi connectivity index (χ2v) is 8.50. The van der Waals surface area contributed by atoms with Gasteiger partial charge in [-0.1, -0.05) is 0 Å². The van der Waals surface area contributed by atoms with E-state index in [-0.39, 0.29) is 36.6 Å². The minimum Gasteiger partial charge on any atom is -0.505 e. The third kappa shape index (κ3) is 5.45. The van der Waals surface area contributed by atoms with Crippen molar-refractivity contribution in [1.82, 2.24) is 20.1 Å². The maximum atomic E-state index is 12.3. The maximum absolute atomic E-state index is 12.3. The highest BCUT2D eigenvalue weighted by Crippen LogP contribution is 2.31. The normalized spacial score (nSPS) is 23.9. The summed E-state index contributed by atoms with van der Waals surface area (Å²) in [5, 5.41) is 12.5. The first-order valence-corrected chi connectivity index (χ1v) is 10.6. The van der Waals surface area contributed by atoms with Gasteiger partial charge in [0, 0.05) is 32.4 Å². The fourth-order valence-corrected chi connectivity index (χ4v) is 4.17. The number of nitrogens with one attached hydrogen (secondary N) is 1. The molecule has 1 saturated carbocycles. The lowest BCUT2D eigenvalue weighted by molar-refractivity contribution is -0.149. The second kappa shape index (κ2) is 9.09. The number of aromatic nitrogens is 1. The van der Waals surface area contributed by atoms with Crippen LogP contribution in [-0.4, -0.2) is 83.7 Å². The Kier molecular flexibility index (Phi) is 6.30. The molecule has 3 fully saturated rings. The average molecular weight is 402 g/mol. The standard InChI is InChI=1S/C21H30N4O4/c26-18-2-1-7-22-20(18)21(28)23-10-17-13-25(19(27)14-29-17)12-16-5-8-24(9-6-16)11-15-3-4-15/h1-2,7,15-17,26H,3-6,8-14H2,(H,23,28)/t17-/m1/s1. The van der Waals surface area contributed by atoms with Crippen molar-refractivity contribution in [2.24, 2.45) is 11.8 Å². The van der Waals surface area contributed by atoms with Crippen LogP contribution in [0.5, 0.6) is 5.75 Å². The van der Waals surface area contributed by atoms with E-state index in [9.17, 15) is 14.7 Å². The van der Waals surface area contributed by atoms with E-state index in [1.54, 1.807) is 6.07 Å². The van der Waals surface area contributed by atoms with Gasteiger partial charge < -0.3 is 25.0 Å². The average Bonchev–Trinajstić information content (AvgIpc) is 3.54. The predicted molar refractivity (Wildman–Crippen MR) is 106 cm³/mol. The molecule has 3 heterocycles. The van der Waals surface area contributed by atoms with Crippen LogP contribution in [0.4, 0.5) is 0 Å². The van der Waals surface area contributed by atoms with E-state index in [0.717, 1.165) is 38.4 Å². The number of aromatic hydroxyl groups is 1. The molecule has 2 aliphatic heterocycles. The number of morpholine rings is 1. The summed E-state index contributed by atoms with van der Waals surface area (Å²) in [5.74, 6) is 0.887. The number of rotatable bonds is 7. The van der Waals surface area contributed by atoms with Crippen molar-refractivity contribution >= 4 is 11.8 Å². The van der Waals surface area contributed by atoms with Gasteiger partial charge in [0.2, 0.25) is 5.91 Å². The molecule has 1 aromatic heterocycles. The van der Waals surface area contributed by atoms with Gasteiger partial charge >= 0.3 is 0 Å². The SMILES string of the molecule is O=C(NC[C@@H]1CN(CC2CCN(CC3CC3)CC2)C(=O)CO1)c1ncccc1O. The molecule has 0 bridgehead atoms. The zero-order valence-corrected chi connectivity index (χ0v) is 16.8. The second-order valence-electron chi connectivity index (χ2n) is 8.50. The van der Waals surface area contributed by atoms with E-state index in [1.165, 1.54) is 31.6 Å². The molecule has 2 N–H and O–H groups in total. The van der Waals surface area contributed by atoms with Crippen LogP contribution >= 0.6 is 0 Å². The Bertz CT molecular complexity index is 731. The number of amides is 2. The molecule has 2 amide bonds. The fraction of sp³-hybridized carbons (Fsp3) is 0.667. The minimum absolute atomic E-state index is 0.00537. The molecule has 158 valence electrons. The summed E-state index contributed by atoms with van der Waals surface area (Å²) in [6.45, 7) is 5.09. The predicted octanol–water partition coefficient (Wildman–Crippen LogP) is 0.866. The molecule has 0 spiro atoms. The summed E-state index contributed by atoms with van der Waals surface area (Å²) in [5.41, 5.74) is -0.00537. The number of pyridine rings is 1. The molecule has 8 nitrogen and oxygen atoms in total. The first-order valence-electron chi connectivity index (χ1n) is 10.6. The molecule has 0 unspecified atom stereocenters. The molecule has 0 radical (unpaired) electrons. The van der Waals surface area contributed by atoms with E-state index >= 15 is 0 Å². The summed E-state index contributed by atoms with van der Waals surface area (Å²) in [7, 11) is 0. The number of carbonyl (C=O) groups excluding carboxylic acids is 2. The van der Waals surface area contributed by atoms with Gasteiger partial charge in [0.1, 0.15) is 12.4 Å². The van der Waals surface area contributed by atoms with E-state index in [2.05, 4.69) is 15.2 Å². The van der Waals surface area contributed by atoms with Crippen LogP contribution in [0.15, 0.2) is 18.3 Å². The van der Waals surface area contributed by atoms with Crippen LogP contribution in [0.1, 0.15) is 36.2 Å². The zero-order valence-electron chi connectivity index (χ0n) is 16.8. The van der Waals surface area contributed by atoms with Gasteiger partial charge in [-0.3, -0.25) is 9.59 Å². The van der Waals surface area contributed by atoms with E-state index < -0.39 is 5.91 Å². The first-order chi connectivity index (χ1) is 14.1. The van der Waals surface area contributed by atoms with Crippen molar-refractivity contribution in [3.8, 4) is 5.75 Å². The third-order valence-electron chi connectivity index (χ3n) is 6.11. The van der Waals surface area contributed by atoms with Crippen LogP contribution in [0.25, 0.3) is 0 Å². The lowest BCUT2D eigenvalue weighted by Gasteiger charge is -2.38. The van der Waals surface area contributed by atoms with Crippen LogP contribution < -0.4 is 5.32 Å². The Balaban J connectivity index is 1.22. The van der Waals surface area contributed by atoms with Crippen LogP contribution in [0, 0.1) is 11.8 Å². The first kappa shape index (κ1) is 20.1. The molecular weight excluding hydrogens is 372 g/mol. The number of carbonyl (C=O) groups is 2. The lowest BCUT2D eigenvalue weighted by Crippen LogP contribution is -2.52. The van der Waals surface area contributed by atoms with Crippen molar-refractivity contribution in [1.29, 1.82) is 0 Å². The van der Waals surface area contributed by atoms with Crippen LogP contribution in [0.2, 0.25) is 0 Å². The van der Waals surface area contributed by atoms with Gasteiger partial charge in [-0.05, 0) is 62.7 Å². The van der Waals surface area contributed by atoms with Gasteiger partial charge in [0.05, 0.1) is 6.10 Å². The van der Waals surface area contributed by atoms with Gasteiger partial charge in [-0.2, -0.15) is 0 Å². The van der Waals surface area contributed by atoms with Crippen molar-refractivity contribution < 1.29 is 19.4 Å². The van der Waals surface area contributed by atoms with Gasteiger partial charge in [0.25, 0.3) is 5.91 Å². The molecule has 1 aliphatic carbocycles. The zero-order chi connectivity index (χ0) is 20.2. The summed E-state index contributed by atoms with van der Waals surface area (Å²) >= 11 is 0. The van der Waals surface area contributed by atoms with Crippen LogP contribution in [-0.2, 0) is 9.53 Å². The summed E-state index contributed by atoms with van der Waals surface area (Å²) in [6.07, 6.45) is 6.26. The van der Waals surface area contributed by atoms with Gasteiger partial charge in [0.15, 0.2) is 5.69 Å². The Morgan fingerprint density at radius 2 is 1.97 bits per heavy atom. The number of piperidine rings is 1. The lowest BCUT2D eigenvalue weighted by atomic mass is 9.95. The molecule has 1 aromatic rings. The number of hydrogen-bond donors (Lipinski definition) is 2. The monoisotopic (exact) mass is 402 g/mol. The van der Waals surface area contributed by atoms with Crippen LogP contribution in [0.3, 0.4) is 0 Å². The highest BCUT2D eigenvalue weighted by molar-refractivity contribution is 5.94. The van der Waals surface area contributed by atoms with Crippen molar-refractivity contribution in [2.45, 2.75) is 31.8 Å². The Morgan fingerprint density at radius 1 is 1.21 bits per heavy atom. The number of hydrogen-bond acceptors (Lipinski definition) is 6. The Morgan fingerprint density at radius 3 is 2.69 bits per heavy atom. The summed E-state index contributed by atoms with van der Waals surface area (Å²) < 4.78 is 5.60. The summed E-state index contributed by atoms with van der Waals surface area (Å²) in [6, 6.07) is 2.99. The van der Waals surface area contributed by atoms with Gasteiger partial charge in [-0.25, -0.2) is 4.98 Å². The molecule has 29 heavy (non-hydrogen) atoms. The van der Waals surface area contributed by atoms with Gasteiger partial charge in [-0.15, -0.1) is 0 Å². The topological polar surface area (TPSA) is 95.0 Å². The highest BCUT2D eigenvalue weighted by Gasteiger charge is 2.31. The molecule has 1 atom stereocenters. The summed E-state index contributed by atoms with van der Waals surface area (Å²) in [4.78, 5) is 32.9. The molecule has 4 rings (SSSR count). The van der Waals surface area contributed by atoms with E-state index in [0.29, 0.717) is 12.5 Å². The van der Waals surface area contributed by atoms with E-state index in [4.69, 9.17) is 4.74 Å². The minimum atomic E-state index is -0.446. The number of likely N-dealkylation sites (tertiary alicyclic amines) is 1. The molecule has 0 aromatic carbocycles. The van der Waals surface area contributed by atoms with E-state index in [1.807, 2.05) is 4.90 Å². The molecular formula is C21H30N4O4. The highest BCUT2D eigenvalue weighted by atomic mass is 16.5. The Hall–Kier alpha value is -2.19. The van der Waals surface area contributed by atoms with Crippen molar-refractivity contribution in [3.63, 3.8) is 0 Å². The smallest absolute Gasteiger partial charge is 0.273 e. The largest absolute Gasteiger partial charge is 0.505 e. The fourth-order valence-electron chi connectivity index (χ4n) is 4.17. The third-order valence-corrected chi connectivity index (χ3v) is 6.11. The van der Waals surface area contributed by atoms with Crippen molar-refractivity contribution in [3.05, 3.63) is 24.0 Å². The maximum Gasteiger partial charge on any atom is 0.273 e. The Labute approximate surface area is 171 Å². The number of nitrogens with zero attached hydrogens (tertiary/aromatic N) is 3. The molecule has 2 saturated heterocycles. The quantitative estimate of drug-likeness (QED) is 0.703. The van der Waals surface area contributed by atoms with Crippen molar-refractivity contribution in [2.75, 3.05) is 45.9 Å².